The molecule has 1 atom stereocenters. The van der Waals surface area contributed by atoms with Crippen LogP contribution in [0.5, 0.6) is 11.6 Å². The number of carboxylic acids is 1. The number of hydrogen-bond acceptors (Lipinski definition) is 11. The van der Waals surface area contributed by atoms with Crippen molar-refractivity contribution in [3.8, 4) is 23.0 Å². The topological polar surface area (TPSA) is 220 Å². The molecule has 2 aromatic heterocycles. The van der Waals surface area contributed by atoms with Gasteiger partial charge in [0.05, 0.1) is 4.92 Å². The summed E-state index contributed by atoms with van der Waals surface area (Å²) in [6.45, 7) is 1.68. The zero-order chi connectivity index (χ0) is 28.9. The Bertz CT molecular complexity index is 1410. The molecule has 0 bridgehead atoms. The van der Waals surface area contributed by atoms with E-state index in [1.165, 1.54) is 17.2 Å². The van der Waals surface area contributed by atoms with Gasteiger partial charge in [0.2, 0.25) is 11.7 Å². The second-order valence-electron chi connectivity index (χ2n) is 8.40. The van der Waals surface area contributed by atoms with Crippen LogP contribution in [0.15, 0.2) is 29.7 Å². The molecule has 0 spiro atoms. The number of ether oxygens (including phenoxy) is 1. The summed E-state index contributed by atoms with van der Waals surface area (Å²) in [7, 11) is 3.15. The van der Waals surface area contributed by atoms with Crippen LogP contribution in [0.1, 0.15) is 28.8 Å². The lowest BCUT2D eigenvalue weighted by Gasteiger charge is -2.18. The standard InChI is InChI=1S/C23H26N8O7S/c1-11-13(18-25-7-8-26-18)9-12(21(33)30(2)3)10-15(11)38-20-17(31(36)37)19(28-23(29-20)39-4)27-14(22(34)35)5-6-16(24)32/h7-10,14H,5-6H2,1-4H3,(H2,24,32)(H,25,26)(H,34,35)(H,27,28,29). The summed E-state index contributed by atoms with van der Waals surface area (Å²) in [6, 6.07) is 1.63. The maximum absolute atomic E-state index is 12.8. The number of carbonyl (C=O) groups is 3. The van der Waals surface area contributed by atoms with Crippen molar-refractivity contribution in [2.75, 3.05) is 25.7 Å². The highest BCUT2D eigenvalue weighted by Crippen LogP contribution is 2.40. The maximum Gasteiger partial charge on any atom is 0.373 e. The Labute approximate surface area is 226 Å². The van der Waals surface area contributed by atoms with E-state index in [4.69, 9.17) is 10.5 Å². The highest BCUT2D eigenvalue weighted by atomic mass is 32.2. The third-order valence-electron chi connectivity index (χ3n) is 5.46. The second-order valence-corrected chi connectivity index (χ2v) is 9.17. The molecule has 2 heterocycles. The second kappa shape index (κ2) is 12.2. The molecule has 16 heteroatoms. The summed E-state index contributed by atoms with van der Waals surface area (Å²) >= 11 is 1.04. The molecule has 3 rings (SSSR count). The summed E-state index contributed by atoms with van der Waals surface area (Å²) in [5, 5.41) is 24.3. The number of anilines is 1. The van der Waals surface area contributed by atoms with Crippen LogP contribution in [-0.2, 0) is 9.59 Å². The van der Waals surface area contributed by atoms with Crippen LogP contribution in [0, 0.1) is 17.0 Å². The van der Waals surface area contributed by atoms with E-state index < -0.39 is 40.2 Å². The maximum atomic E-state index is 12.8. The first-order chi connectivity index (χ1) is 18.4. The lowest BCUT2D eigenvalue weighted by atomic mass is 10.0. The molecule has 15 nitrogen and oxygen atoms in total. The first-order valence-corrected chi connectivity index (χ1v) is 12.6. The third-order valence-corrected chi connectivity index (χ3v) is 6.01. The summed E-state index contributed by atoms with van der Waals surface area (Å²) < 4.78 is 5.95. The number of hydrogen-bond donors (Lipinski definition) is 4. The number of primary amides is 1. The molecule has 0 aliphatic carbocycles. The van der Waals surface area contributed by atoms with Gasteiger partial charge in [-0.1, -0.05) is 11.8 Å². The molecule has 5 N–H and O–H groups in total. The smallest absolute Gasteiger partial charge is 0.373 e. The number of carbonyl (C=O) groups excluding carboxylic acids is 2. The third kappa shape index (κ3) is 6.78. The number of thioether (sulfide) groups is 1. The number of nitrogens with zero attached hydrogens (tertiary/aromatic N) is 5. The van der Waals surface area contributed by atoms with E-state index in [-0.39, 0.29) is 35.2 Å². The fourth-order valence-electron chi connectivity index (χ4n) is 3.49. The number of aromatic amines is 1. The van der Waals surface area contributed by atoms with Crippen LogP contribution in [-0.4, -0.2) is 79.0 Å². The molecule has 2 amide bonds. The number of nitro groups is 1. The molecule has 0 aliphatic rings. The Hall–Kier alpha value is -4.73. The Morgan fingerprint density at radius 1 is 1.31 bits per heavy atom. The highest BCUT2D eigenvalue weighted by Gasteiger charge is 2.31. The van der Waals surface area contributed by atoms with E-state index >= 15 is 0 Å². The Morgan fingerprint density at radius 2 is 2.03 bits per heavy atom. The normalized spacial score (nSPS) is 11.5. The van der Waals surface area contributed by atoms with E-state index in [9.17, 15) is 29.6 Å². The van der Waals surface area contributed by atoms with Gasteiger partial charge in [-0.15, -0.1) is 0 Å². The number of aromatic nitrogens is 4. The van der Waals surface area contributed by atoms with Crippen molar-refractivity contribution in [1.82, 2.24) is 24.8 Å². The lowest BCUT2D eigenvalue weighted by Crippen LogP contribution is -2.31. The molecule has 3 aromatic rings. The van der Waals surface area contributed by atoms with Crippen LogP contribution in [0.3, 0.4) is 0 Å². The molecule has 1 aromatic carbocycles. The molecule has 0 fully saturated rings. The van der Waals surface area contributed by atoms with E-state index in [1.54, 1.807) is 39.5 Å². The predicted octanol–water partition coefficient (Wildman–Crippen LogP) is 2.43. The monoisotopic (exact) mass is 558 g/mol. The SMILES string of the molecule is CSc1nc(NC(CCC(N)=O)C(=O)O)c([N+](=O)[O-])c(Oc2cc(C(=O)N(C)C)cc(-c3ncc[nH]3)c2C)n1. The minimum atomic E-state index is -1.41. The number of benzene rings is 1. The highest BCUT2D eigenvalue weighted by molar-refractivity contribution is 7.98. The van der Waals surface area contributed by atoms with E-state index in [0.29, 0.717) is 17.0 Å². The van der Waals surface area contributed by atoms with Crippen molar-refractivity contribution >= 4 is 41.1 Å². The van der Waals surface area contributed by atoms with E-state index in [2.05, 4.69) is 25.3 Å². The van der Waals surface area contributed by atoms with Gasteiger partial charge in [-0.3, -0.25) is 19.7 Å². The van der Waals surface area contributed by atoms with Crippen LogP contribution >= 0.6 is 11.8 Å². The molecule has 0 saturated carbocycles. The molecular formula is C23H26N8O7S. The van der Waals surface area contributed by atoms with E-state index in [1.807, 2.05) is 0 Å². The molecular weight excluding hydrogens is 532 g/mol. The van der Waals surface area contributed by atoms with Gasteiger partial charge in [0.1, 0.15) is 17.6 Å². The van der Waals surface area contributed by atoms with Gasteiger partial charge < -0.3 is 30.8 Å². The van der Waals surface area contributed by atoms with Gasteiger partial charge in [0.25, 0.3) is 5.91 Å². The van der Waals surface area contributed by atoms with Crippen molar-refractivity contribution in [2.45, 2.75) is 31.0 Å². The lowest BCUT2D eigenvalue weighted by molar-refractivity contribution is -0.385. The first-order valence-electron chi connectivity index (χ1n) is 11.3. The summed E-state index contributed by atoms with van der Waals surface area (Å²) in [4.78, 5) is 63.9. The molecule has 39 heavy (non-hydrogen) atoms. The number of aliphatic carboxylic acids is 1. The number of nitrogens with two attached hydrogens (primary N) is 1. The number of carboxylic acid groups (broad SMARTS) is 1. The van der Waals surface area contributed by atoms with Gasteiger partial charge in [-0.05, 0) is 31.7 Å². The zero-order valence-corrected chi connectivity index (χ0v) is 22.2. The van der Waals surface area contributed by atoms with Gasteiger partial charge >= 0.3 is 17.5 Å². The molecule has 1 unspecified atom stereocenters. The number of imidazole rings is 1. The summed E-state index contributed by atoms with van der Waals surface area (Å²) in [6.07, 6.45) is 4.24. The number of amides is 2. The van der Waals surface area contributed by atoms with Gasteiger partial charge in [-0.25, -0.2) is 9.78 Å². The largest absolute Gasteiger partial charge is 0.480 e. The number of H-pyrrole nitrogens is 1. The fourth-order valence-corrected chi connectivity index (χ4v) is 3.85. The predicted molar refractivity (Wildman–Crippen MR) is 141 cm³/mol. The van der Waals surface area contributed by atoms with Gasteiger partial charge in [0.15, 0.2) is 5.16 Å². The first kappa shape index (κ1) is 28.8. The molecule has 0 saturated heterocycles. The molecule has 0 aliphatic heterocycles. The summed E-state index contributed by atoms with van der Waals surface area (Å²) in [5.74, 6) is -2.84. The molecule has 206 valence electrons. The van der Waals surface area contributed by atoms with Crippen molar-refractivity contribution in [2.24, 2.45) is 5.73 Å². The minimum Gasteiger partial charge on any atom is -0.480 e. The number of nitrogens with one attached hydrogen (secondary N) is 2. The van der Waals surface area contributed by atoms with Crippen molar-refractivity contribution < 1.29 is 29.2 Å². The fraction of sp³-hybridized carbons (Fsp3) is 0.304. The Balaban J connectivity index is 2.17. The average molecular weight is 559 g/mol. The van der Waals surface area contributed by atoms with Crippen LogP contribution < -0.4 is 15.8 Å². The zero-order valence-electron chi connectivity index (χ0n) is 21.4. The average Bonchev–Trinajstić information content (AvgIpc) is 3.41. The summed E-state index contributed by atoms with van der Waals surface area (Å²) in [5.41, 5.74) is 5.64. The van der Waals surface area contributed by atoms with Crippen molar-refractivity contribution in [1.29, 1.82) is 0 Å². The number of rotatable bonds is 12. The quantitative estimate of drug-likeness (QED) is 0.109. The van der Waals surface area contributed by atoms with E-state index in [0.717, 1.165) is 11.8 Å². The van der Waals surface area contributed by atoms with Gasteiger partial charge in [0, 0.05) is 49.6 Å². The van der Waals surface area contributed by atoms with Crippen LogP contribution in [0.2, 0.25) is 0 Å². The molecule has 0 radical (unpaired) electrons. The van der Waals surface area contributed by atoms with Crippen LogP contribution in [0.25, 0.3) is 11.4 Å². The van der Waals surface area contributed by atoms with Gasteiger partial charge in [-0.2, -0.15) is 9.97 Å². The Morgan fingerprint density at radius 3 is 2.56 bits per heavy atom. The minimum absolute atomic E-state index is 0.0431. The van der Waals surface area contributed by atoms with Crippen molar-refractivity contribution in [3.05, 3.63) is 45.8 Å². The van der Waals surface area contributed by atoms with Crippen molar-refractivity contribution in [3.63, 3.8) is 0 Å². The Kier molecular flexibility index (Phi) is 9.03. The van der Waals surface area contributed by atoms with Crippen LogP contribution in [0.4, 0.5) is 11.5 Å².